The fraction of sp³-hybridized carbons (Fsp3) is 0.0909. The van der Waals surface area contributed by atoms with Crippen molar-refractivity contribution >= 4 is 33.7 Å². The predicted octanol–water partition coefficient (Wildman–Crippen LogP) is 4.59. The van der Waals surface area contributed by atoms with Crippen LogP contribution in [-0.2, 0) is 11.4 Å². The van der Waals surface area contributed by atoms with Crippen molar-refractivity contribution in [3.05, 3.63) is 94.5 Å². The SMILES string of the molecule is O=C(CNc1ccc(Br)cc1)N/N=C\c1cccc(OCc2ccccc2)c1. The number of halogens is 1. The molecule has 0 aliphatic rings. The van der Waals surface area contributed by atoms with E-state index in [2.05, 4.69) is 31.8 Å². The molecule has 0 aliphatic carbocycles. The number of nitrogens with one attached hydrogen (secondary N) is 2. The normalized spacial score (nSPS) is 10.6. The number of benzene rings is 3. The molecule has 3 aromatic rings. The number of rotatable bonds is 8. The minimum Gasteiger partial charge on any atom is -0.489 e. The summed E-state index contributed by atoms with van der Waals surface area (Å²) in [6.45, 7) is 0.638. The molecule has 0 fully saturated rings. The molecule has 0 unspecified atom stereocenters. The monoisotopic (exact) mass is 437 g/mol. The molecule has 0 saturated carbocycles. The number of anilines is 1. The van der Waals surface area contributed by atoms with Gasteiger partial charge in [-0.2, -0.15) is 5.10 Å². The molecule has 0 radical (unpaired) electrons. The van der Waals surface area contributed by atoms with Crippen molar-refractivity contribution < 1.29 is 9.53 Å². The van der Waals surface area contributed by atoms with E-state index < -0.39 is 0 Å². The first-order valence-corrected chi connectivity index (χ1v) is 9.56. The molecule has 142 valence electrons. The van der Waals surface area contributed by atoms with Gasteiger partial charge in [0, 0.05) is 10.2 Å². The maximum atomic E-state index is 11.9. The first-order chi connectivity index (χ1) is 13.7. The van der Waals surface area contributed by atoms with Crippen LogP contribution in [-0.4, -0.2) is 18.7 Å². The van der Waals surface area contributed by atoms with Crippen molar-refractivity contribution in [2.24, 2.45) is 5.10 Å². The van der Waals surface area contributed by atoms with Crippen molar-refractivity contribution in [2.75, 3.05) is 11.9 Å². The molecule has 0 atom stereocenters. The molecule has 3 rings (SSSR count). The molecule has 1 amide bonds. The van der Waals surface area contributed by atoms with Crippen LogP contribution in [0.5, 0.6) is 5.75 Å². The zero-order valence-corrected chi connectivity index (χ0v) is 16.7. The summed E-state index contributed by atoms with van der Waals surface area (Å²) in [5, 5.41) is 7.03. The van der Waals surface area contributed by atoms with Crippen molar-refractivity contribution in [3.8, 4) is 5.75 Å². The van der Waals surface area contributed by atoms with Crippen LogP contribution < -0.4 is 15.5 Å². The van der Waals surface area contributed by atoms with Crippen molar-refractivity contribution in [1.82, 2.24) is 5.43 Å². The number of carbonyl (C=O) groups excluding carboxylic acids is 1. The first-order valence-electron chi connectivity index (χ1n) is 8.77. The highest BCUT2D eigenvalue weighted by Crippen LogP contribution is 2.15. The highest BCUT2D eigenvalue weighted by Gasteiger charge is 2.00. The molecular weight excluding hydrogens is 418 g/mol. The van der Waals surface area contributed by atoms with Crippen LogP contribution in [0.15, 0.2) is 88.4 Å². The summed E-state index contributed by atoms with van der Waals surface area (Å²) in [6.07, 6.45) is 1.59. The molecular formula is C22H20BrN3O2. The average molecular weight is 438 g/mol. The Hall–Kier alpha value is -3.12. The Morgan fingerprint density at radius 3 is 2.57 bits per heavy atom. The standard InChI is InChI=1S/C22H20BrN3O2/c23-19-9-11-20(12-10-19)24-15-22(27)26-25-14-18-7-4-8-21(13-18)28-16-17-5-2-1-3-6-17/h1-14,24H,15-16H2,(H,26,27)/b25-14-. The fourth-order valence-electron chi connectivity index (χ4n) is 2.39. The van der Waals surface area contributed by atoms with E-state index in [0.717, 1.165) is 27.0 Å². The third-order valence-corrected chi connectivity index (χ3v) is 4.34. The third-order valence-electron chi connectivity index (χ3n) is 3.81. The topological polar surface area (TPSA) is 62.7 Å². The summed E-state index contributed by atoms with van der Waals surface area (Å²) >= 11 is 3.37. The lowest BCUT2D eigenvalue weighted by atomic mass is 10.2. The summed E-state index contributed by atoms with van der Waals surface area (Å²) in [6, 6.07) is 25.1. The molecule has 28 heavy (non-hydrogen) atoms. The van der Waals surface area contributed by atoms with E-state index in [0.29, 0.717) is 6.61 Å². The molecule has 5 nitrogen and oxygen atoms in total. The molecule has 2 N–H and O–H groups in total. The van der Waals surface area contributed by atoms with Crippen LogP contribution in [0, 0.1) is 0 Å². The van der Waals surface area contributed by atoms with E-state index in [-0.39, 0.29) is 12.5 Å². The van der Waals surface area contributed by atoms with Gasteiger partial charge in [-0.3, -0.25) is 4.79 Å². The molecule has 6 heteroatoms. The van der Waals surface area contributed by atoms with Crippen LogP contribution in [0.4, 0.5) is 5.69 Å². The highest BCUT2D eigenvalue weighted by atomic mass is 79.9. The molecule has 0 aliphatic heterocycles. The van der Waals surface area contributed by atoms with E-state index in [9.17, 15) is 4.79 Å². The van der Waals surface area contributed by atoms with Crippen LogP contribution in [0.1, 0.15) is 11.1 Å². The van der Waals surface area contributed by atoms with E-state index in [1.807, 2.05) is 78.9 Å². The molecule has 0 saturated heterocycles. The summed E-state index contributed by atoms with van der Waals surface area (Å²) in [7, 11) is 0. The molecule has 0 spiro atoms. The van der Waals surface area contributed by atoms with Crippen molar-refractivity contribution in [3.63, 3.8) is 0 Å². The second-order valence-corrected chi connectivity index (χ2v) is 6.92. The predicted molar refractivity (Wildman–Crippen MR) is 116 cm³/mol. The molecule has 0 aromatic heterocycles. The number of ether oxygens (including phenoxy) is 1. The van der Waals surface area contributed by atoms with Gasteiger partial charge in [0.15, 0.2) is 0 Å². The van der Waals surface area contributed by atoms with E-state index in [4.69, 9.17) is 4.74 Å². The quantitative estimate of drug-likeness (QED) is 0.400. The molecule has 0 heterocycles. The van der Waals surface area contributed by atoms with Crippen LogP contribution in [0.2, 0.25) is 0 Å². The molecule has 0 bridgehead atoms. The summed E-state index contributed by atoms with van der Waals surface area (Å²) < 4.78 is 6.78. The van der Waals surface area contributed by atoms with Gasteiger partial charge in [-0.15, -0.1) is 0 Å². The minimum atomic E-state index is -0.226. The lowest BCUT2D eigenvalue weighted by molar-refractivity contribution is -0.119. The van der Waals surface area contributed by atoms with Gasteiger partial charge >= 0.3 is 0 Å². The number of hydrazone groups is 1. The zero-order chi connectivity index (χ0) is 19.6. The van der Waals surface area contributed by atoms with E-state index >= 15 is 0 Å². The van der Waals surface area contributed by atoms with Crippen molar-refractivity contribution in [2.45, 2.75) is 6.61 Å². The lowest BCUT2D eigenvalue weighted by Gasteiger charge is -2.07. The third kappa shape index (κ3) is 6.55. The van der Waals surface area contributed by atoms with Gasteiger partial charge in [0.2, 0.25) is 0 Å². The Bertz CT molecular complexity index is 928. The van der Waals surface area contributed by atoms with Crippen molar-refractivity contribution in [1.29, 1.82) is 0 Å². The van der Waals surface area contributed by atoms with Crippen LogP contribution in [0.3, 0.4) is 0 Å². The Morgan fingerprint density at radius 2 is 1.79 bits per heavy atom. The zero-order valence-electron chi connectivity index (χ0n) is 15.1. The van der Waals surface area contributed by atoms with Gasteiger partial charge in [-0.25, -0.2) is 5.43 Å². The van der Waals surface area contributed by atoms with Gasteiger partial charge in [-0.05, 0) is 47.5 Å². The van der Waals surface area contributed by atoms with E-state index in [1.54, 1.807) is 6.21 Å². The van der Waals surface area contributed by atoms with Gasteiger partial charge in [-0.1, -0.05) is 58.4 Å². The number of hydrogen-bond donors (Lipinski definition) is 2. The second kappa shape index (κ2) is 10.3. The summed E-state index contributed by atoms with van der Waals surface area (Å²) in [5.41, 5.74) is 5.32. The maximum Gasteiger partial charge on any atom is 0.259 e. The average Bonchev–Trinajstić information content (AvgIpc) is 2.73. The largest absolute Gasteiger partial charge is 0.489 e. The first kappa shape index (κ1) is 19.6. The summed E-state index contributed by atoms with van der Waals surface area (Å²) in [4.78, 5) is 11.9. The lowest BCUT2D eigenvalue weighted by Crippen LogP contribution is -2.25. The second-order valence-electron chi connectivity index (χ2n) is 6.00. The number of nitrogens with zero attached hydrogens (tertiary/aromatic N) is 1. The summed E-state index contributed by atoms with van der Waals surface area (Å²) in [5.74, 6) is 0.520. The van der Waals surface area contributed by atoms with E-state index in [1.165, 1.54) is 0 Å². The van der Waals surface area contributed by atoms with Crippen LogP contribution in [0.25, 0.3) is 0 Å². The maximum absolute atomic E-state index is 11.9. The Kier molecular flexibility index (Phi) is 7.21. The number of carbonyl (C=O) groups is 1. The fourth-order valence-corrected chi connectivity index (χ4v) is 2.66. The Balaban J connectivity index is 1.45. The highest BCUT2D eigenvalue weighted by molar-refractivity contribution is 9.10. The smallest absolute Gasteiger partial charge is 0.259 e. The number of amides is 1. The minimum absolute atomic E-state index is 0.138. The van der Waals surface area contributed by atoms with Gasteiger partial charge in [0.05, 0.1) is 12.8 Å². The Morgan fingerprint density at radius 1 is 1.00 bits per heavy atom. The number of hydrogen-bond acceptors (Lipinski definition) is 4. The molecule has 3 aromatic carbocycles. The van der Waals surface area contributed by atoms with Gasteiger partial charge < -0.3 is 10.1 Å². The van der Waals surface area contributed by atoms with Crippen LogP contribution >= 0.6 is 15.9 Å². The Labute approximate surface area is 172 Å². The van der Waals surface area contributed by atoms with Gasteiger partial charge in [0.1, 0.15) is 12.4 Å². The van der Waals surface area contributed by atoms with Gasteiger partial charge in [0.25, 0.3) is 5.91 Å².